The van der Waals surface area contributed by atoms with E-state index in [1.54, 1.807) is 12.3 Å². The van der Waals surface area contributed by atoms with Gasteiger partial charge in [0.2, 0.25) is 0 Å². The van der Waals surface area contributed by atoms with Gasteiger partial charge in [-0.25, -0.2) is 4.68 Å². The lowest BCUT2D eigenvalue weighted by Gasteiger charge is -2.35. The summed E-state index contributed by atoms with van der Waals surface area (Å²) in [7, 11) is 0. The van der Waals surface area contributed by atoms with Crippen molar-refractivity contribution < 1.29 is 0 Å². The van der Waals surface area contributed by atoms with Crippen molar-refractivity contribution in [2.75, 3.05) is 5.32 Å². The zero-order chi connectivity index (χ0) is 14.8. The Morgan fingerprint density at radius 2 is 2.20 bits per heavy atom. The van der Waals surface area contributed by atoms with Gasteiger partial charge >= 0.3 is 0 Å². The fourth-order valence-electron chi connectivity index (χ4n) is 2.58. The van der Waals surface area contributed by atoms with Gasteiger partial charge in [-0.1, -0.05) is 19.9 Å². The molecule has 1 fully saturated rings. The largest absolute Gasteiger partial charge is 0.380 e. The Hall–Kier alpha value is -1.10. The zero-order valence-corrected chi connectivity index (χ0v) is 13.7. The quantitative estimate of drug-likeness (QED) is 0.853. The van der Waals surface area contributed by atoms with Gasteiger partial charge < -0.3 is 5.32 Å². The first-order chi connectivity index (χ1) is 9.43. The van der Waals surface area contributed by atoms with Crippen LogP contribution >= 0.6 is 15.9 Å². The predicted molar refractivity (Wildman–Crippen MR) is 86.1 cm³/mol. The summed E-state index contributed by atoms with van der Waals surface area (Å²) in [5.41, 5.74) is 1.12. The van der Waals surface area contributed by atoms with Crippen LogP contribution in [0, 0.1) is 5.41 Å². The molecular weight excluding hydrogens is 318 g/mol. The molecule has 1 aromatic rings. The summed E-state index contributed by atoms with van der Waals surface area (Å²) in [6.07, 6.45) is 8.07. The molecule has 0 aliphatic heterocycles. The number of rotatable bonds is 4. The van der Waals surface area contributed by atoms with Gasteiger partial charge in [-0.15, -0.1) is 6.58 Å². The molecule has 1 heterocycles. The second-order valence-electron chi connectivity index (χ2n) is 6.23. The van der Waals surface area contributed by atoms with E-state index < -0.39 is 0 Å². The number of halogens is 1. The number of nitrogens with zero attached hydrogens (tertiary/aromatic N) is 2. The molecule has 0 amide bonds. The van der Waals surface area contributed by atoms with E-state index in [1.807, 2.05) is 0 Å². The van der Waals surface area contributed by atoms with E-state index in [0.717, 1.165) is 18.5 Å². The average molecular weight is 340 g/mol. The third-order valence-corrected chi connectivity index (χ3v) is 4.75. The minimum Gasteiger partial charge on any atom is -0.380 e. The van der Waals surface area contributed by atoms with Crippen LogP contribution in [-0.2, 0) is 6.54 Å². The molecule has 0 saturated heterocycles. The summed E-state index contributed by atoms with van der Waals surface area (Å²) in [6, 6.07) is 0.427. The molecule has 1 aliphatic carbocycles. The van der Waals surface area contributed by atoms with Crippen molar-refractivity contribution in [2.24, 2.45) is 5.41 Å². The Morgan fingerprint density at radius 3 is 2.80 bits per heavy atom. The second kappa shape index (κ2) is 6.12. The minimum absolute atomic E-state index is 0.119. The Morgan fingerprint density at radius 1 is 1.55 bits per heavy atom. The van der Waals surface area contributed by atoms with Gasteiger partial charge in [0, 0.05) is 6.04 Å². The van der Waals surface area contributed by atoms with E-state index in [2.05, 4.69) is 46.8 Å². The number of aromatic nitrogens is 2. The van der Waals surface area contributed by atoms with Crippen molar-refractivity contribution in [1.82, 2.24) is 9.78 Å². The number of allylic oxidation sites excluding steroid dienone is 1. The number of nitrogens with one attached hydrogen (secondary N) is 1. The van der Waals surface area contributed by atoms with Crippen molar-refractivity contribution in [1.29, 1.82) is 0 Å². The first kappa shape index (κ1) is 15.3. The summed E-state index contributed by atoms with van der Waals surface area (Å²) < 4.78 is 1.95. The number of anilines is 1. The van der Waals surface area contributed by atoms with Gasteiger partial charge in [-0.3, -0.25) is 4.79 Å². The predicted octanol–water partition coefficient (Wildman–Crippen LogP) is 3.57. The molecular formula is C15H22BrN3O. The van der Waals surface area contributed by atoms with Crippen LogP contribution in [0.1, 0.15) is 39.5 Å². The summed E-state index contributed by atoms with van der Waals surface area (Å²) >= 11 is 3.38. The topological polar surface area (TPSA) is 46.9 Å². The van der Waals surface area contributed by atoms with E-state index in [9.17, 15) is 4.79 Å². The fraction of sp³-hybridized carbons (Fsp3) is 0.600. The molecule has 1 aliphatic rings. The maximum absolute atomic E-state index is 12.1. The summed E-state index contributed by atoms with van der Waals surface area (Å²) in [5.74, 6) is 0. The van der Waals surface area contributed by atoms with Crippen LogP contribution in [0.25, 0.3) is 0 Å². The lowest BCUT2D eigenvalue weighted by Crippen LogP contribution is -2.31. The molecule has 110 valence electrons. The summed E-state index contributed by atoms with van der Waals surface area (Å²) in [5, 5.41) is 7.61. The molecule has 0 spiro atoms. The van der Waals surface area contributed by atoms with Crippen LogP contribution in [0.3, 0.4) is 0 Å². The normalized spacial score (nSPS) is 18.8. The van der Waals surface area contributed by atoms with E-state index in [1.165, 1.54) is 17.5 Å². The third-order valence-electron chi connectivity index (χ3n) is 3.99. The Balaban J connectivity index is 2.09. The highest BCUT2D eigenvalue weighted by atomic mass is 79.9. The van der Waals surface area contributed by atoms with Gasteiger partial charge in [0.15, 0.2) is 0 Å². The standard InChI is InChI=1S/C15H22BrN3O/c1-4-9-19-14(20)13(16)12(10-17-19)18-11-5-7-15(2,3)8-6-11/h4,10-11,18H,1,5-9H2,2-3H3. The molecule has 0 unspecified atom stereocenters. The minimum atomic E-state index is -0.119. The molecule has 5 heteroatoms. The molecule has 1 N–H and O–H groups in total. The third kappa shape index (κ3) is 3.51. The Labute approximate surface area is 128 Å². The highest BCUT2D eigenvalue weighted by Gasteiger charge is 2.27. The molecule has 0 bridgehead atoms. The van der Waals surface area contributed by atoms with Crippen molar-refractivity contribution in [3.05, 3.63) is 33.7 Å². The van der Waals surface area contributed by atoms with Crippen molar-refractivity contribution >= 4 is 21.6 Å². The fourth-order valence-corrected chi connectivity index (χ4v) is 3.00. The zero-order valence-electron chi connectivity index (χ0n) is 12.2. The van der Waals surface area contributed by atoms with Gasteiger partial charge in [0.25, 0.3) is 5.56 Å². The lowest BCUT2D eigenvalue weighted by molar-refractivity contribution is 0.232. The van der Waals surface area contributed by atoms with Gasteiger partial charge in [-0.2, -0.15) is 5.10 Å². The maximum atomic E-state index is 12.1. The molecule has 4 nitrogen and oxygen atoms in total. The van der Waals surface area contributed by atoms with Crippen molar-refractivity contribution in [3.63, 3.8) is 0 Å². The van der Waals surface area contributed by atoms with Crippen LogP contribution in [0.15, 0.2) is 28.1 Å². The van der Waals surface area contributed by atoms with E-state index >= 15 is 0 Å². The maximum Gasteiger partial charge on any atom is 0.283 e. The molecule has 0 aromatic carbocycles. The van der Waals surface area contributed by atoms with Crippen LogP contribution in [0.5, 0.6) is 0 Å². The molecule has 20 heavy (non-hydrogen) atoms. The SMILES string of the molecule is C=CCn1ncc(NC2CCC(C)(C)CC2)c(Br)c1=O. The molecule has 0 atom stereocenters. The number of hydrogen-bond acceptors (Lipinski definition) is 3. The highest BCUT2D eigenvalue weighted by molar-refractivity contribution is 9.10. The van der Waals surface area contributed by atoms with Gasteiger partial charge in [0.05, 0.1) is 18.4 Å². The van der Waals surface area contributed by atoms with Crippen molar-refractivity contribution in [3.8, 4) is 0 Å². The number of hydrogen-bond donors (Lipinski definition) is 1. The molecule has 1 saturated carbocycles. The van der Waals surface area contributed by atoms with Crippen LogP contribution in [-0.4, -0.2) is 15.8 Å². The first-order valence-corrected chi connectivity index (χ1v) is 7.85. The monoisotopic (exact) mass is 339 g/mol. The summed E-state index contributed by atoms with van der Waals surface area (Å²) in [4.78, 5) is 12.1. The first-order valence-electron chi connectivity index (χ1n) is 7.06. The molecule has 1 aromatic heterocycles. The molecule has 2 rings (SSSR count). The van der Waals surface area contributed by atoms with Crippen LogP contribution in [0.4, 0.5) is 5.69 Å². The average Bonchev–Trinajstić information content (AvgIpc) is 2.41. The second-order valence-corrected chi connectivity index (χ2v) is 7.02. The smallest absolute Gasteiger partial charge is 0.283 e. The lowest BCUT2D eigenvalue weighted by atomic mass is 9.75. The van der Waals surface area contributed by atoms with Gasteiger partial charge in [-0.05, 0) is 47.0 Å². The summed E-state index contributed by atoms with van der Waals surface area (Å²) in [6.45, 7) is 8.68. The van der Waals surface area contributed by atoms with E-state index in [4.69, 9.17) is 0 Å². The highest BCUT2D eigenvalue weighted by Crippen LogP contribution is 2.36. The Bertz CT molecular complexity index is 541. The molecule has 0 radical (unpaired) electrons. The Kier molecular flexibility index (Phi) is 4.68. The van der Waals surface area contributed by atoms with Crippen LogP contribution < -0.4 is 10.9 Å². The van der Waals surface area contributed by atoms with Gasteiger partial charge in [0.1, 0.15) is 4.47 Å². The van der Waals surface area contributed by atoms with Crippen molar-refractivity contribution in [2.45, 2.75) is 52.1 Å². The van der Waals surface area contributed by atoms with Crippen LogP contribution in [0.2, 0.25) is 0 Å². The van der Waals surface area contributed by atoms with E-state index in [-0.39, 0.29) is 5.56 Å². The van der Waals surface area contributed by atoms with E-state index in [0.29, 0.717) is 22.5 Å².